The molecule has 0 unspecified atom stereocenters. The van der Waals surface area contributed by atoms with Crippen LogP contribution in [-0.2, 0) is 19.4 Å². The van der Waals surface area contributed by atoms with Crippen LogP contribution in [0.25, 0.3) is 0 Å². The first kappa shape index (κ1) is 21.1. The number of rotatable bonds is 7. The van der Waals surface area contributed by atoms with E-state index in [1.807, 2.05) is 22.9 Å². The minimum absolute atomic E-state index is 0.0243. The predicted octanol–water partition coefficient (Wildman–Crippen LogP) is 5.81. The second kappa shape index (κ2) is 9.34. The summed E-state index contributed by atoms with van der Waals surface area (Å²) in [6.07, 6.45) is 8.40. The number of aliphatic hydroxyl groups is 1. The van der Waals surface area contributed by atoms with E-state index >= 15 is 0 Å². The molecule has 1 aliphatic rings. The van der Waals surface area contributed by atoms with Crippen molar-refractivity contribution in [2.75, 3.05) is 0 Å². The van der Waals surface area contributed by atoms with E-state index in [1.165, 1.54) is 17.5 Å². The van der Waals surface area contributed by atoms with Crippen molar-refractivity contribution >= 4 is 29.0 Å². The molecule has 1 N–H and O–H groups in total. The van der Waals surface area contributed by atoms with Crippen molar-refractivity contribution in [3.8, 4) is 0 Å². The molecule has 0 saturated carbocycles. The summed E-state index contributed by atoms with van der Waals surface area (Å²) in [4.78, 5) is 17.6. The summed E-state index contributed by atoms with van der Waals surface area (Å²) in [5.41, 5.74) is 3.98. The maximum absolute atomic E-state index is 13.2. The summed E-state index contributed by atoms with van der Waals surface area (Å²) >= 11 is 12.0. The molecule has 1 atom stereocenters. The molecule has 0 spiro atoms. The Bertz CT molecular complexity index is 1060. The molecule has 1 heterocycles. The third-order valence-corrected chi connectivity index (χ3v) is 6.50. The van der Waals surface area contributed by atoms with Crippen LogP contribution in [0.1, 0.15) is 64.7 Å². The molecular weight excluding hydrogens is 419 g/mol. The van der Waals surface area contributed by atoms with E-state index in [0.29, 0.717) is 35.3 Å². The molecule has 2 aromatic carbocycles. The number of halogens is 2. The average Bonchev–Trinajstić information content (AvgIpc) is 3.23. The molecule has 0 fully saturated rings. The van der Waals surface area contributed by atoms with Gasteiger partial charge in [0.2, 0.25) is 5.78 Å². The smallest absolute Gasteiger partial charge is 0.228 e. The molecule has 30 heavy (non-hydrogen) atoms. The summed E-state index contributed by atoms with van der Waals surface area (Å²) < 4.78 is 1.88. The highest BCUT2D eigenvalue weighted by Crippen LogP contribution is 2.28. The van der Waals surface area contributed by atoms with Gasteiger partial charge in [0.1, 0.15) is 0 Å². The summed E-state index contributed by atoms with van der Waals surface area (Å²) in [7, 11) is 0. The number of hydrogen-bond acceptors (Lipinski definition) is 3. The SMILES string of the molecule is O=C(c1cccc2c1CCCC2)c1nccn1CCC[C@@H](O)c1ccc(Cl)c(Cl)c1. The van der Waals surface area contributed by atoms with Crippen LogP contribution in [0.15, 0.2) is 48.8 Å². The summed E-state index contributed by atoms with van der Waals surface area (Å²) in [6.45, 7) is 0.606. The number of aryl methyl sites for hydroxylation is 2. The van der Waals surface area contributed by atoms with E-state index in [0.717, 1.165) is 30.4 Å². The molecule has 0 radical (unpaired) electrons. The highest BCUT2D eigenvalue weighted by molar-refractivity contribution is 6.42. The lowest BCUT2D eigenvalue weighted by Gasteiger charge is -2.19. The fourth-order valence-electron chi connectivity index (χ4n) is 4.15. The minimum Gasteiger partial charge on any atom is -0.388 e. The van der Waals surface area contributed by atoms with Crippen LogP contribution in [0.3, 0.4) is 0 Å². The minimum atomic E-state index is -0.636. The number of nitrogens with zero attached hydrogens (tertiary/aromatic N) is 2. The van der Waals surface area contributed by atoms with Crippen LogP contribution in [0.5, 0.6) is 0 Å². The molecule has 1 aliphatic carbocycles. The second-order valence-corrected chi connectivity index (χ2v) is 8.57. The number of benzene rings is 2. The van der Waals surface area contributed by atoms with Gasteiger partial charge in [-0.05, 0) is 67.3 Å². The lowest BCUT2D eigenvalue weighted by molar-refractivity contribution is 0.102. The summed E-state index contributed by atoms with van der Waals surface area (Å²) in [6, 6.07) is 11.2. The van der Waals surface area contributed by atoms with Crippen molar-refractivity contribution in [1.29, 1.82) is 0 Å². The Hall–Kier alpha value is -2.14. The molecule has 4 nitrogen and oxygen atoms in total. The Morgan fingerprint density at radius 2 is 1.97 bits per heavy atom. The molecule has 0 aliphatic heterocycles. The molecule has 0 bridgehead atoms. The number of ketones is 1. The Morgan fingerprint density at radius 3 is 2.80 bits per heavy atom. The van der Waals surface area contributed by atoms with E-state index < -0.39 is 6.10 Å². The van der Waals surface area contributed by atoms with Gasteiger partial charge in [0.15, 0.2) is 5.82 Å². The maximum Gasteiger partial charge on any atom is 0.228 e. The van der Waals surface area contributed by atoms with Gasteiger partial charge in [-0.1, -0.05) is 47.5 Å². The van der Waals surface area contributed by atoms with Gasteiger partial charge in [-0.2, -0.15) is 0 Å². The van der Waals surface area contributed by atoms with Gasteiger partial charge < -0.3 is 9.67 Å². The normalized spacial score (nSPS) is 14.4. The number of aromatic nitrogens is 2. The summed E-state index contributed by atoms with van der Waals surface area (Å²) in [5, 5.41) is 11.4. The number of carbonyl (C=O) groups is 1. The van der Waals surface area contributed by atoms with Crippen molar-refractivity contribution in [1.82, 2.24) is 9.55 Å². The Balaban J connectivity index is 1.44. The van der Waals surface area contributed by atoms with Crippen LogP contribution in [0.2, 0.25) is 10.0 Å². The van der Waals surface area contributed by atoms with Crippen LogP contribution in [-0.4, -0.2) is 20.4 Å². The zero-order valence-corrected chi connectivity index (χ0v) is 18.2. The van der Waals surface area contributed by atoms with E-state index in [-0.39, 0.29) is 5.78 Å². The lowest BCUT2D eigenvalue weighted by atomic mass is 9.87. The van der Waals surface area contributed by atoms with Crippen LogP contribution < -0.4 is 0 Å². The van der Waals surface area contributed by atoms with E-state index in [2.05, 4.69) is 11.1 Å². The number of hydrogen-bond donors (Lipinski definition) is 1. The summed E-state index contributed by atoms with van der Waals surface area (Å²) in [5.74, 6) is 0.432. The fraction of sp³-hybridized carbons (Fsp3) is 0.333. The zero-order valence-electron chi connectivity index (χ0n) is 16.7. The first-order valence-corrected chi connectivity index (χ1v) is 11.1. The number of aliphatic hydroxyl groups excluding tert-OH is 1. The highest BCUT2D eigenvalue weighted by atomic mass is 35.5. The monoisotopic (exact) mass is 442 g/mol. The highest BCUT2D eigenvalue weighted by Gasteiger charge is 2.22. The molecule has 0 amide bonds. The number of carbonyl (C=O) groups excluding carboxylic acids is 1. The van der Waals surface area contributed by atoms with Gasteiger partial charge >= 0.3 is 0 Å². The van der Waals surface area contributed by atoms with Crippen molar-refractivity contribution in [3.05, 3.63) is 86.9 Å². The van der Waals surface area contributed by atoms with Crippen LogP contribution in [0.4, 0.5) is 0 Å². The van der Waals surface area contributed by atoms with Crippen molar-refractivity contribution in [2.24, 2.45) is 0 Å². The maximum atomic E-state index is 13.2. The second-order valence-electron chi connectivity index (χ2n) is 7.76. The fourth-order valence-corrected chi connectivity index (χ4v) is 4.46. The van der Waals surface area contributed by atoms with Crippen molar-refractivity contribution in [2.45, 2.75) is 51.2 Å². The van der Waals surface area contributed by atoms with Crippen LogP contribution in [0, 0.1) is 0 Å². The number of fused-ring (bicyclic) bond motifs is 1. The van der Waals surface area contributed by atoms with E-state index in [1.54, 1.807) is 24.4 Å². The van der Waals surface area contributed by atoms with Gasteiger partial charge in [0, 0.05) is 24.5 Å². The zero-order chi connectivity index (χ0) is 21.1. The topological polar surface area (TPSA) is 55.1 Å². The Labute approximate surface area is 186 Å². The first-order valence-electron chi connectivity index (χ1n) is 10.3. The Kier molecular flexibility index (Phi) is 6.57. The van der Waals surface area contributed by atoms with E-state index in [9.17, 15) is 9.90 Å². The molecule has 4 rings (SSSR count). The van der Waals surface area contributed by atoms with Gasteiger partial charge in [0.25, 0.3) is 0 Å². The van der Waals surface area contributed by atoms with Crippen molar-refractivity contribution in [3.63, 3.8) is 0 Å². The van der Waals surface area contributed by atoms with Gasteiger partial charge in [-0.15, -0.1) is 0 Å². The molecule has 0 saturated heterocycles. The lowest BCUT2D eigenvalue weighted by Crippen LogP contribution is -2.16. The predicted molar refractivity (Wildman–Crippen MR) is 119 cm³/mol. The molecule has 1 aromatic heterocycles. The first-order chi connectivity index (χ1) is 14.5. The van der Waals surface area contributed by atoms with Gasteiger partial charge in [-0.3, -0.25) is 4.79 Å². The third kappa shape index (κ3) is 4.46. The number of imidazole rings is 1. The van der Waals surface area contributed by atoms with E-state index in [4.69, 9.17) is 23.2 Å². The van der Waals surface area contributed by atoms with Crippen LogP contribution >= 0.6 is 23.2 Å². The van der Waals surface area contributed by atoms with Gasteiger partial charge in [0.05, 0.1) is 16.1 Å². The quantitative estimate of drug-likeness (QED) is 0.469. The molecular formula is C24H24Cl2N2O2. The Morgan fingerprint density at radius 1 is 1.13 bits per heavy atom. The molecule has 6 heteroatoms. The largest absolute Gasteiger partial charge is 0.388 e. The molecule has 3 aromatic rings. The molecule has 156 valence electrons. The van der Waals surface area contributed by atoms with Crippen molar-refractivity contribution < 1.29 is 9.90 Å². The third-order valence-electron chi connectivity index (χ3n) is 5.76. The average molecular weight is 443 g/mol. The van der Waals surface area contributed by atoms with Gasteiger partial charge in [-0.25, -0.2) is 4.98 Å². The standard InChI is InChI=1S/C24H24Cl2N2O2/c25-20-11-10-17(15-21(20)26)22(29)9-4-13-28-14-12-27-24(28)23(30)19-8-3-6-16-5-1-2-7-18(16)19/h3,6,8,10-12,14-15,22,29H,1-2,4-5,7,9,13H2/t22-/m1/s1.